The number of benzene rings is 2. The second kappa shape index (κ2) is 10.2. The molecular formula is C26H27ClN4O3. The second-order valence-corrected chi connectivity index (χ2v) is 8.57. The fraction of sp³-hybridized carbons (Fsp3) is 0.308. The number of ether oxygens (including phenoxy) is 1. The number of esters is 1. The number of nitrogens with one attached hydrogen (secondary N) is 1. The molecule has 0 bridgehead atoms. The Kier molecular flexibility index (Phi) is 7.12. The van der Waals surface area contributed by atoms with Gasteiger partial charge < -0.3 is 10.1 Å². The number of fused-ring (bicyclic) bond motifs is 1. The van der Waals surface area contributed by atoms with E-state index in [0.29, 0.717) is 34.5 Å². The van der Waals surface area contributed by atoms with Gasteiger partial charge in [0.1, 0.15) is 17.6 Å². The Morgan fingerprint density at radius 2 is 1.82 bits per heavy atom. The van der Waals surface area contributed by atoms with Gasteiger partial charge >= 0.3 is 11.7 Å². The summed E-state index contributed by atoms with van der Waals surface area (Å²) in [5.74, 6) is -0.540. The third-order valence-electron chi connectivity index (χ3n) is 5.82. The van der Waals surface area contributed by atoms with Crippen molar-refractivity contribution in [1.29, 1.82) is 0 Å². The zero-order chi connectivity index (χ0) is 24.2. The number of carbonyl (C=O) groups is 1. The van der Waals surface area contributed by atoms with E-state index in [9.17, 15) is 9.59 Å². The lowest BCUT2D eigenvalue weighted by Crippen LogP contribution is -2.37. The van der Waals surface area contributed by atoms with E-state index in [1.807, 2.05) is 56.3 Å². The lowest BCUT2D eigenvalue weighted by Gasteiger charge is -2.33. The Bertz CT molecular complexity index is 1270. The summed E-state index contributed by atoms with van der Waals surface area (Å²) in [6.45, 7) is 6.33. The number of aliphatic imine (C=N–C) groups is 1. The molecule has 0 radical (unpaired) electrons. The summed E-state index contributed by atoms with van der Waals surface area (Å²) in [7, 11) is 0. The number of hydrogen-bond donors (Lipinski definition) is 1. The number of halogens is 1. The molecule has 8 heteroatoms. The Labute approximate surface area is 203 Å². The highest BCUT2D eigenvalue weighted by Gasteiger charge is 2.41. The number of rotatable bonds is 7. The molecule has 7 nitrogen and oxygen atoms in total. The van der Waals surface area contributed by atoms with E-state index >= 15 is 0 Å². The molecule has 0 aliphatic carbocycles. The summed E-state index contributed by atoms with van der Waals surface area (Å²) in [4.78, 5) is 35.4. The Morgan fingerprint density at radius 3 is 2.47 bits per heavy atom. The molecule has 4 rings (SSSR count). The number of hydrogen-bond acceptors (Lipinski definition) is 6. The van der Waals surface area contributed by atoms with Gasteiger partial charge in [0.05, 0.1) is 6.61 Å². The van der Waals surface area contributed by atoms with Crippen LogP contribution in [0.3, 0.4) is 0 Å². The van der Waals surface area contributed by atoms with Crippen LogP contribution >= 0.6 is 11.6 Å². The molecule has 2 unspecified atom stereocenters. The Balaban J connectivity index is 1.99. The Morgan fingerprint density at radius 1 is 1.12 bits per heavy atom. The molecule has 0 spiro atoms. The third kappa shape index (κ3) is 4.61. The number of nitrogens with zero attached hydrogens (tertiary/aromatic N) is 3. The maximum absolute atomic E-state index is 13.2. The van der Waals surface area contributed by atoms with Crippen LogP contribution in [0.1, 0.15) is 44.2 Å². The summed E-state index contributed by atoms with van der Waals surface area (Å²) in [6, 6.07) is 16.9. The summed E-state index contributed by atoms with van der Waals surface area (Å²) in [6.07, 6.45) is 0.740. The minimum absolute atomic E-state index is 0.264. The van der Waals surface area contributed by atoms with Crippen LogP contribution in [-0.2, 0) is 16.1 Å². The number of carbonyl (C=O) groups excluding carboxylic acids is 1. The van der Waals surface area contributed by atoms with Crippen molar-refractivity contribution < 1.29 is 9.53 Å². The molecule has 1 aliphatic heterocycles. The monoisotopic (exact) mass is 478 g/mol. The predicted octanol–water partition coefficient (Wildman–Crippen LogP) is 5.47. The normalized spacial score (nSPS) is 17.0. The molecule has 176 valence electrons. The minimum atomic E-state index is -0.644. The largest absolute Gasteiger partial charge is 0.465 e. The van der Waals surface area contributed by atoms with Gasteiger partial charge in [0.15, 0.2) is 0 Å². The van der Waals surface area contributed by atoms with E-state index in [1.165, 1.54) is 0 Å². The van der Waals surface area contributed by atoms with Crippen LogP contribution in [-0.4, -0.2) is 27.8 Å². The first-order valence-corrected chi connectivity index (χ1v) is 11.8. The zero-order valence-corrected chi connectivity index (χ0v) is 20.2. The van der Waals surface area contributed by atoms with Crippen LogP contribution in [0.5, 0.6) is 0 Å². The van der Waals surface area contributed by atoms with E-state index in [2.05, 4.69) is 10.3 Å². The lowest BCUT2D eigenvalue weighted by atomic mass is 9.76. The molecule has 0 saturated carbocycles. The molecule has 2 atom stereocenters. The third-order valence-corrected chi connectivity index (χ3v) is 6.07. The van der Waals surface area contributed by atoms with Crippen molar-refractivity contribution in [3.8, 4) is 0 Å². The van der Waals surface area contributed by atoms with Crippen LogP contribution in [0.4, 0.5) is 17.3 Å². The molecule has 1 aromatic heterocycles. The van der Waals surface area contributed by atoms with E-state index in [4.69, 9.17) is 21.3 Å². The quantitative estimate of drug-likeness (QED) is 0.455. The van der Waals surface area contributed by atoms with Crippen molar-refractivity contribution in [3.05, 3.63) is 81.2 Å². The van der Waals surface area contributed by atoms with Crippen LogP contribution in [0.15, 0.2) is 64.4 Å². The maximum Gasteiger partial charge on any atom is 0.351 e. The fourth-order valence-corrected chi connectivity index (χ4v) is 4.48. The van der Waals surface area contributed by atoms with Crippen molar-refractivity contribution in [3.63, 3.8) is 0 Å². The number of aromatic nitrogens is 2. The van der Waals surface area contributed by atoms with Crippen molar-refractivity contribution >= 4 is 40.6 Å². The van der Waals surface area contributed by atoms with Crippen molar-refractivity contribution in [2.45, 2.75) is 39.7 Å². The molecular weight excluding hydrogens is 452 g/mol. The molecule has 0 fully saturated rings. The van der Waals surface area contributed by atoms with Crippen LogP contribution < -0.4 is 11.0 Å². The first-order chi connectivity index (χ1) is 16.4. The topological polar surface area (TPSA) is 85.6 Å². The van der Waals surface area contributed by atoms with E-state index in [0.717, 1.165) is 17.7 Å². The SMILES string of the molecule is CCCn1c2c(c(Nc3ccc(Cl)cc3)nc1=O)C(c1ccccc1)C(C(=O)OCC)C(C)=N2. The molecule has 1 aliphatic rings. The molecule has 2 heterocycles. The van der Waals surface area contributed by atoms with Crippen LogP contribution in [0.25, 0.3) is 0 Å². The van der Waals surface area contributed by atoms with Gasteiger partial charge in [-0.25, -0.2) is 9.79 Å². The second-order valence-electron chi connectivity index (χ2n) is 8.14. The molecule has 2 aromatic carbocycles. The van der Waals surface area contributed by atoms with Crippen molar-refractivity contribution in [2.24, 2.45) is 10.9 Å². The van der Waals surface area contributed by atoms with Crippen LogP contribution in [0, 0.1) is 5.92 Å². The van der Waals surface area contributed by atoms with E-state index in [1.54, 1.807) is 23.6 Å². The average molecular weight is 479 g/mol. The standard InChI is InChI=1S/C26H27ClN4O3/c1-4-15-31-24-22(23(30-26(31)33)29-19-13-11-18(27)12-14-19)21(17-9-7-6-8-10-17)20(16(3)28-24)25(32)34-5-2/h6-14,20-21H,4-5,15H2,1-3H3,(H,29,30,33). The summed E-state index contributed by atoms with van der Waals surface area (Å²) < 4.78 is 7.03. The predicted molar refractivity (Wildman–Crippen MR) is 135 cm³/mol. The van der Waals surface area contributed by atoms with Gasteiger partial charge in [0, 0.05) is 34.4 Å². The Hall–Kier alpha value is -3.45. The highest BCUT2D eigenvalue weighted by Crippen LogP contribution is 2.45. The summed E-state index contributed by atoms with van der Waals surface area (Å²) in [5.41, 5.74) is 2.54. The van der Waals surface area contributed by atoms with Gasteiger partial charge in [-0.2, -0.15) is 4.98 Å². The minimum Gasteiger partial charge on any atom is -0.465 e. The van der Waals surface area contributed by atoms with Gasteiger partial charge in [-0.1, -0.05) is 48.9 Å². The van der Waals surface area contributed by atoms with Gasteiger partial charge in [0.2, 0.25) is 0 Å². The summed E-state index contributed by atoms with van der Waals surface area (Å²) in [5, 5.41) is 3.87. The highest BCUT2D eigenvalue weighted by molar-refractivity contribution is 6.30. The summed E-state index contributed by atoms with van der Waals surface area (Å²) >= 11 is 6.05. The highest BCUT2D eigenvalue weighted by atomic mass is 35.5. The first-order valence-electron chi connectivity index (χ1n) is 11.4. The fourth-order valence-electron chi connectivity index (χ4n) is 4.36. The van der Waals surface area contributed by atoms with E-state index in [-0.39, 0.29) is 12.6 Å². The lowest BCUT2D eigenvalue weighted by molar-refractivity contribution is -0.146. The van der Waals surface area contributed by atoms with E-state index < -0.39 is 17.5 Å². The van der Waals surface area contributed by atoms with Gasteiger partial charge in [0.25, 0.3) is 0 Å². The van der Waals surface area contributed by atoms with Crippen molar-refractivity contribution in [2.75, 3.05) is 11.9 Å². The van der Waals surface area contributed by atoms with Crippen molar-refractivity contribution in [1.82, 2.24) is 9.55 Å². The molecule has 0 amide bonds. The molecule has 1 N–H and O–H groups in total. The first kappa shape index (κ1) is 23.7. The van der Waals surface area contributed by atoms with Crippen LogP contribution in [0.2, 0.25) is 5.02 Å². The average Bonchev–Trinajstić information content (AvgIpc) is 2.83. The van der Waals surface area contributed by atoms with Gasteiger partial charge in [-0.05, 0) is 50.1 Å². The van der Waals surface area contributed by atoms with Gasteiger partial charge in [-0.3, -0.25) is 9.36 Å². The smallest absolute Gasteiger partial charge is 0.351 e. The zero-order valence-electron chi connectivity index (χ0n) is 19.4. The maximum atomic E-state index is 13.2. The molecule has 3 aromatic rings. The molecule has 34 heavy (non-hydrogen) atoms. The van der Waals surface area contributed by atoms with Gasteiger partial charge in [-0.15, -0.1) is 0 Å². The molecule has 0 saturated heterocycles. The number of anilines is 2.